The van der Waals surface area contributed by atoms with Crippen LogP contribution in [-0.2, 0) is 10.0 Å². The molecule has 0 radical (unpaired) electrons. The molecule has 0 saturated heterocycles. The summed E-state index contributed by atoms with van der Waals surface area (Å²) >= 11 is 0. The summed E-state index contributed by atoms with van der Waals surface area (Å²) in [6, 6.07) is 3.07. The average Bonchev–Trinajstić information content (AvgIpc) is 2.27. The zero-order valence-electron chi connectivity index (χ0n) is 8.88. The molecule has 0 bridgehead atoms. The number of sulfonamides is 1. The lowest BCUT2D eigenvalue weighted by Crippen LogP contribution is -2.32. The van der Waals surface area contributed by atoms with Crippen LogP contribution in [0.4, 0.5) is 5.82 Å². The highest BCUT2D eigenvalue weighted by atomic mass is 32.2. The maximum atomic E-state index is 11.6. The Morgan fingerprint density at radius 2 is 2.18 bits per heavy atom. The molecule has 1 aromatic heterocycles. The minimum absolute atomic E-state index is 0.0728. The number of carbonyl (C=O) groups excluding carboxylic acids is 1. The number of nitrogens with zero attached hydrogens (tertiary/aromatic N) is 1. The van der Waals surface area contributed by atoms with E-state index in [1.807, 2.05) is 0 Å². The summed E-state index contributed by atoms with van der Waals surface area (Å²) in [6.07, 6.45) is 1.47. The molecule has 1 amide bonds. The molecule has 0 atom stereocenters. The Balaban J connectivity index is 2.64. The highest BCUT2D eigenvalue weighted by Gasteiger charge is 2.11. The molecule has 8 nitrogen and oxygen atoms in total. The second kappa shape index (κ2) is 5.57. The van der Waals surface area contributed by atoms with Gasteiger partial charge in [-0.3, -0.25) is 4.79 Å². The van der Waals surface area contributed by atoms with Crippen molar-refractivity contribution in [3.8, 4) is 0 Å². The van der Waals surface area contributed by atoms with Gasteiger partial charge in [-0.25, -0.2) is 24.4 Å². The Hall–Kier alpha value is -1.71. The van der Waals surface area contributed by atoms with E-state index in [4.69, 9.17) is 11.0 Å². The van der Waals surface area contributed by atoms with Crippen molar-refractivity contribution in [2.24, 2.45) is 11.0 Å². The second-order valence-electron chi connectivity index (χ2n) is 3.17. The average molecular weight is 259 g/mol. The first-order valence-corrected chi connectivity index (χ1v) is 6.36. The molecule has 0 fully saturated rings. The van der Waals surface area contributed by atoms with Gasteiger partial charge in [-0.05, 0) is 12.1 Å². The van der Waals surface area contributed by atoms with Crippen LogP contribution in [0.2, 0.25) is 0 Å². The molecule has 9 heteroatoms. The summed E-state index contributed by atoms with van der Waals surface area (Å²) in [6.45, 7) is -0.0728. The van der Waals surface area contributed by atoms with E-state index in [9.17, 15) is 13.2 Å². The van der Waals surface area contributed by atoms with Gasteiger partial charge >= 0.3 is 0 Å². The monoisotopic (exact) mass is 259 g/mol. The van der Waals surface area contributed by atoms with Gasteiger partial charge in [0.05, 0.1) is 11.3 Å². The third-order valence-electron chi connectivity index (χ3n) is 1.86. The summed E-state index contributed by atoms with van der Waals surface area (Å²) in [5.74, 6) is 4.58. The van der Waals surface area contributed by atoms with Crippen molar-refractivity contribution in [2.75, 3.05) is 17.7 Å². The fourth-order valence-corrected chi connectivity index (χ4v) is 1.49. The van der Waals surface area contributed by atoms with Crippen molar-refractivity contribution in [1.82, 2.24) is 10.3 Å². The number of hydrazine groups is 1. The third kappa shape index (κ3) is 4.34. The molecule has 0 aliphatic carbocycles. The maximum absolute atomic E-state index is 11.6. The van der Waals surface area contributed by atoms with E-state index >= 15 is 0 Å². The van der Waals surface area contributed by atoms with Gasteiger partial charge in [-0.2, -0.15) is 0 Å². The lowest BCUT2D eigenvalue weighted by molar-refractivity contribution is 0.0956. The largest absolute Gasteiger partial charge is 0.351 e. The minimum Gasteiger partial charge on any atom is -0.351 e. The number of nitrogen functional groups attached to an aromatic ring is 1. The predicted molar refractivity (Wildman–Crippen MR) is 62.4 cm³/mol. The molecular weight excluding hydrogens is 246 g/mol. The van der Waals surface area contributed by atoms with Crippen LogP contribution in [0.25, 0.3) is 0 Å². The number of amides is 1. The number of primary sulfonamides is 1. The van der Waals surface area contributed by atoms with Crippen molar-refractivity contribution in [2.45, 2.75) is 0 Å². The van der Waals surface area contributed by atoms with Crippen LogP contribution in [0.5, 0.6) is 0 Å². The Kier molecular flexibility index (Phi) is 4.37. The number of hydrogen-bond donors (Lipinski definition) is 4. The SMILES string of the molecule is NNc1ncccc1C(=O)NCCS(N)(=O)=O. The predicted octanol–water partition coefficient (Wildman–Crippen LogP) is -1.61. The standard InChI is InChI=1S/C8H13N5O3S/c9-13-7-6(2-1-3-11-7)8(14)12-4-5-17(10,15)16/h1-3H,4-5,9H2,(H,11,13)(H,12,14)(H2,10,15,16). The molecule has 1 rings (SSSR count). The summed E-state index contributed by atoms with van der Waals surface area (Å²) in [7, 11) is -3.59. The first kappa shape index (κ1) is 13.4. The summed E-state index contributed by atoms with van der Waals surface area (Å²) in [5.41, 5.74) is 2.49. The maximum Gasteiger partial charge on any atom is 0.255 e. The Morgan fingerprint density at radius 1 is 1.47 bits per heavy atom. The van der Waals surface area contributed by atoms with Crippen LogP contribution in [0.15, 0.2) is 18.3 Å². The molecular formula is C8H13N5O3S. The van der Waals surface area contributed by atoms with Crippen LogP contribution in [0, 0.1) is 0 Å². The van der Waals surface area contributed by atoms with Gasteiger partial charge < -0.3 is 10.7 Å². The van der Waals surface area contributed by atoms with Crippen LogP contribution < -0.4 is 21.7 Å². The normalized spacial score (nSPS) is 10.9. The van der Waals surface area contributed by atoms with Crippen molar-refractivity contribution < 1.29 is 13.2 Å². The van der Waals surface area contributed by atoms with Gasteiger partial charge in [0.2, 0.25) is 10.0 Å². The van der Waals surface area contributed by atoms with E-state index < -0.39 is 15.9 Å². The van der Waals surface area contributed by atoms with Gasteiger partial charge in [0.1, 0.15) is 0 Å². The number of hydrogen-bond acceptors (Lipinski definition) is 6. The minimum atomic E-state index is -3.59. The van der Waals surface area contributed by atoms with E-state index in [2.05, 4.69) is 15.7 Å². The van der Waals surface area contributed by atoms with Crippen molar-refractivity contribution in [1.29, 1.82) is 0 Å². The number of nitrogens with two attached hydrogens (primary N) is 2. The lowest BCUT2D eigenvalue weighted by atomic mass is 10.2. The van der Waals surface area contributed by atoms with E-state index in [0.29, 0.717) is 0 Å². The Bertz CT molecular complexity index is 502. The fraction of sp³-hybridized carbons (Fsp3) is 0.250. The lowest BCUT2D eigenvalue weighted by Gasteiger charge is -2.07. The van der Waals surface area contributed by atoms with Crippen molar-refractivity contribution in [3.05, 3.63) is 23.9 Å². The molecule has 0 aliphatic rings. The Morgan fingerprint density at radius 3 is 2.76 bits per heavy atom. The molecule has 0 spiro atoms. The third-order valence-corrected chi connectivity index (χ3v) is 2.63. The molecule has 17 heavy (non-hydrogen) atoms. The number of anilines is 1. The van der Waals surface area contributed by atoms with Gasteiger partial charge in [0.25, 0.3) is 5.91 Å². The van der Waals surface area contributed by atoms with E-state index in [1.54, 1.807) is 6.07 Å². The van der Waals surface area contributed by atoms with Crippen molar-refractivity contribution >= 4 is 21.7 Å². The molecule has 1 heterocycles. The topological polar surface area (TPSA) is 140 Å². The number of pyridine rings is 1. The van der Waals surface area contributed by atoms with Gasteiger partial charge in [-0.1, -0.05) is 0 Å². The molecule has 0 unspecified atom stereocenters. The zero-order chi connectivity index (χ0) is 12.9. The number of rotatable bonds is 5. The van der Waals surface area contributed by atoms with E-state index in [0.717, 1.165) is 0 Å². The first-order chi connectivity index (χ1) is 7.94. The summed E-state index contributed by atoms with van der Waals surface area (Å²) in [4.78, 5) is 15.5. The molecule has 94 valence electrons. The molecule has 0 saturated carbocycles. The molecule has 1 aromatic rings. The van der Waals surface area contributed by atoms with Crippen LogP contribution >= 0.6 is 0 Å². The van der Waals surface area contributed by atoms with Gasteiger partial charge in [-0.15, -0.1) is 0 Å². The van der Waals surface area contributed by atoms with E-state index in [-0.39, 0.29) is 23.7 Å². The summed E-state index contributed by atoms with van der Waals surface area (Å²) < 4.78 is 21.3. The fourth-order valence-electron chi connectivity index (χ4n) is 1.11. The molecule has 6 N–H and O–H groups in total. The molecule has 0 aromatic carbocycles. The van der Waals surface area contributed by atoms with Crippen LogP contribution in [-0.4, -0.2) is 31.6 Å². The zero-order valence-corrected chi connectivity index (χ0v) is 9.70. The van der Waals surface area contributed by atoms with Crippen LogP contribution in [0.1, 0.15) is 10.4 Å². The van der Waals surface area contributed by atoms with Gasteiger partial charge in [0, 0.05) is 12.7 Å². The quantitative estimate of drug-likeness (QED) is 0.370. The number of carbonyl (C=O) groups is 1. The smallest absolute Gasteiger partial charge is 0.255 e. The number of nitrogens with one attached hydrogen (secondary N) is 2. The van der Waals surface area contributed by atoms with Gasteiger partial charge in [0.15, 0.2) is 5.82 Å². The molecule has 0 aliphatic heterocycles. The summed E-state index contributed by atoms with van der Waals surface area (Å²) in [5, 5.41) is 7.19. The van der Waals surface area contributed by atoms with E-state index in [1.165, 1.54) is 12.3 Å². The first-order valence-electron chi connectivity index (χ1n) is 4.64. The second-order valence-corrected chi connectivity index (χ2v) is 4.90. The highest BCUT2D eigenvalue weighted by molar-refractivity contribution is 7.89. The Labute approximate surface area is 98.4 Å². The van der Waals surface area contributed by atoms with Crippen molar-refractivity contribution in [3.63, 3.8) is 0 Å². The van der Waals surface area contributed by atoms with Crippen LogP contribution in [0.3, 0.4) is 0 Å². The highest BCUT2D eigenvalue weighted by Crippen LogP contribution is 2.08. The number of aromatic nitrogens is 1.